The van der Waals surface area contributed by atoms with E-state index in [9.17, 15) is 14.0 Å². The Balaban J connectivity index is 1.70. The number of nitrogens with one attached hydrogen (secondary N) is 2. The quantitative estimate of drug-likeness (QED) is 0.672. The summed E-state index contributed by atoms with van der Waals surface area (Å²) in [4.78, 5) is 26.2. The number of urea groups is 1. The molecule has 0 fully saturated rings. The fourth-order valence-corrected chi connectivity index (χ4v) is 2.66. The number of aryl methyl sites for hydroxylation is 1. The van der Waals surface area contributed by atoms with Crippen molar-refractivity contribution in [2.45, 2.75) is 6.92 Å². The van der Waals surface area contributed by atoms with Gasteiger partial charge in [-0.2, -0.15) is 0 Å². The van der Waals surface area contributed by atoms with Crippen LogP contribution in [0.1, 0.15) is 16.1 Å². The van der Waals surface area contributed by atoms with Crippen molar-refractivity contribution in [3.63, 3.8) is 0 Å². The van der Waals surface area contributed by atoms with Gasteiger partial charge in [-0.25, -0.2) is 9.18 Å². The average molecular weight is 381 g/mol. The van der Waals surface area contributed by atoms with E-state index < -0.39 is 5.82 Å². The lowest BCUT2D eigenvalue weighted by atomic mass is 10.2. The molecule has 3 aromatic rings. The maximum atomic E-state index is 13.3. The fourth-order valence-electron chi connectivity index (χ4n) is 2.66. The molecule has 144 valence electrons. The minimum Gasteiger partial charge on any atom is -0.459 e. The Labute approximate surface area is 162 Å². The third-order valence-electron chi connectivity index (χ3n) is 4.02. The van der Waals surface area contributed by atoms with Gasteiger partial charge < -0.3 is 15.1 Å². The summed E-state index contributed by atoms with van der Waals surface area (Å²) >= 11 is 0. The summed E-state index contributed by atoms with van der Waals surface area (Å²) in [6, 6.07) is 15.8. The first kappa shape index (κ1) is 19.2. The van der Waals surface area contributed by atoms with Gasteiger partial charge in [-0.15, -0.1) is 0 Å². The number of furan rings is 1. The summed E-state index contributed by atoms with van der Waals surface area (Å²) in [5, 5.41) is 5.52. The highest BCUT2D eigenvalue weighted by Gasteiger charge is 2.17. The summed E-state index contributed by atoms with van der Waals surface area (Å²) in [7, 11) is 0. The Morgan fingerprint density at radius 3 is 2.54 bits per heavy atom. The van der Waals surface area contributed by atoms with Gasteiger partial charge in [-0.1, -0.05) is 12.1 Å². The molecule has 0 spiro atoms. The number of hydrogen-bond acceptors (Lipinski definition) is 3. The molecule has 0 aliphatic heterocycles. The predicted molar refractivity (Wildman–Crippen MR) is 105 cm³/mol. The number of carbonyl (C=O) groups excluding carboxylic acids is 2. The molecule has 2 aromatic carbocycles. The number of anilines is 2. The molecule has 0 saturated carbocycles. The molecule has 0 atom stereocenters. The van der Waals surface area contributed by atoms with E-state index in [-0.39, 0.29) is 30.8 Å². The first-order chi connectivity index (χ1) is 13.5. The monoisotopic (exact) mass is 381 g/mol. The molecule has 0 aliphatic carbocycles. The molecule has 0 bridgehead atoms. The largest absolute Gasteiger partial charge is 0.459 e. The molecular formula is C21H20FN3O3. The van der Waals surface area contributed by atoms with Crippen LogP contribution in [0.5, 0.6) is 0 Å². The van der Waals surface area contributed by atoms with Crippen molar-refractivity contribution < 1.29 is 18.4 Å². The van der Waals surface area contributed by atoms with E-state index in [0.29, 0.717) is 11.4 Å². The smallest absolute Gasteiger partial charge is 0.326 e. The normalized spacial score (nSPS) is 10.4. The first-order valence-electron chi connectivity index (χ1n) is 8.75. The highest BCUT2D eigenvalue weighted by Crippen LogP contribution is 2.17. The second kappa shape index (κ2) is 8.85. The second-order valence-corrected chi connectivity index (χ2v) is 6.16. The van der Waals surface area contributed by atoms with Gasteiger partial charge >= 0.3 is 6.03 Å². The van der Waals surface area contributed by atoms with Crippen LogP contribution in [0.2, 0.25) is 0 Å². The maximum absolute atomic E-state index is 13.3. The van der Waals surface area contributed by atoms with Crippen molar-refractivity contribution in [3.05, 3.63) is 84.1 Å². The molecule has 0 unspecified atom stereocenters. The van der Waals surface area contributed by atoms with E-state index in [0.717, 1.165) is 5.56 Å². The van der Waals surface area contributed by atoms with Crippen LogP contribution in [0.3, 0.4) is 0 Å². The van der Waals surface area contributed by atoms with Crippen molar-refractivity contribution in [3.8, 4) is 0 Å². The predicted octanol–water partition coefficient (Wildman–Crippen LogP) is 4.20. The molecule has 3 rings (SSSR count). The minimum atomic E-state index is -0.395. The Hall–Kier alpha value is -3.61. The van der Waals surface area contributed by atoms with Gasteiger partial charge in [0.15, 0.2) is 5.76 Å². The zero-order valence-corrected chi connectivity index (χ0v) is 15.3. The molecule has 1 heterocycles. The van der Waals surface area contributed by atoms with Crippen LogP contribution in [0, 0.1) is 12.7 Å². The summed E-state index contributed by atoms with van der Waals surface area (Å²) in [5.74, 6) is -0.574. The number of nitrogens with zero attached hydrogens (tertiary/aromatic N) is 1. The minimum absolute atomic E-state index is 0.190. The fraction of sp³-hybridized carbons (Fsp3) is 0.143. The van der Waals surface area contributed by atoms with E-state index >= 15 is 0 Å². The third kappa shape index (κ3) is 4.97. The van der Waals surface area contributed by atoms with Crippen LogP contribution in [0.25, 0.3) is 0 Å². The standard InChI is InChI=1S/C21H20FN3O3/c1-15-4-2-5-17(14-15)24-21(27)25(18-9-7-16(22)8-10-18)12-11-23-20(26)19-6-3-13-28-19/h2-10,13-14H,11-12H2,1H3,(H,23,26)(H,24,27). The van der Waals surface area contributed by atoms with Crippen molar-refractivity contribution >= 4 is 23.3 Å². The molecule has 0 radical (unpaired) electrons. The number of benzene rings is 2. The van der Waals surface area contributed by atoms with Crippen molar-refractivity contribution in [2.24, 2.45) is 0 Å². The lowest BCUT2D eigenvalue weighted by molar-refractivity contribution is 0.0927. The molecule has 3 amide bonds. The number of halogens is 1. The molecule has 1 aromatic heterocycles. The van der Waals surface area contributed by atoms with Crippen molar-refractivity contribution in [1.29, 1.82) is 0 Å². The van der Waals surface area contributed by atoms with Crippen LogP contribution >= 0.6 is 0 Å². The number of rotatable bonds is 6. The maximum Gasteiger partial charge on any atom is 0.326 e. The van der Waals surface area contributed by atoms with E-state index in [2.05, 4.69) is 10.6 Å². The number of carbonyl (C=O) groups is 2. The third-order valence-corrected chi connectivity index (χ3v) is 4.02. The van der Waals surface area contributed by atoms with E-state index in [1.54, 1.807) is 18.2 Å². The van der Waals surface area contributed by atoms with E-state index in [4.69, 9.17) is 4.42 Å². The number of hydrogen-bond donors (Lipinski definition) is 2. The van der Waals surface area contributed by atoms with Crippen LogP contribution in [0.15, 0.2) is 71.3 Å². The van der Waals surface area contributed by atoms with Gasteiger partial charge in [0.1, 0.15) is 5.82 Å². The van der Waals surface area contributed by atoms with Gasteiger partial charge in [0.25, 0.3) is 5.91 Å². The molecule has 0 saturated heterocycles. The summed E-state index contributed by atoms with van der Waals surface area (Å²) in [5.41, 5.74) is 2.17. The molecule has 6 nitrogen and oxygen atoms in total. The van der Waals surface area contributed by atoms with Crippen LogP contribution in [0.4, 0.5) is 20.6 Å². The second-order valence-electron chi connectivity index (χ2n) is 6.16. The van der Waals surface area contributed by atoms with Gasteiger partial charge in [0, 0.05) is 24.5 Å². The Morgan fingerprint density at radius 1 is 1.07 bits per heavy atom. The topological polar surface area (TPSA) is 74.6 Å². The van der Waals surface area contributed by atoms with Crippen molar-refractivity contribution in [2.75, 3.05) is 23.3 Å². The van der Waals surface area contributed by atoms with Crippen LogP contribution in [-0.2, 0) is 0 Å². The summed E-state index contributed by atoms with van der Waals surface area (Å²) in [6.07, 6.45) is 1.41. The molecule has 2 N–H and O–H groups in total. The van der Waals surface area contributed by atoms with Crippen LogP contribution in [-0.4, -0.2) is 25.0 Å². The lowest BCUT2D eigenvalue weighted by Crippen LogP contribution is -2.41. The molecule has 0 aliphatic rings. The number of amides is 3. The van der Waals surface area contributed by atoms with E-state index in [1.807, 2.05) is 25.1 Å². The lowest BCUT2D eigenvalue weighted by Gasteiger charge is -2.23. The SMILES string of the molecule is Cc1cccc(NC(=O)N(CCNC(=O)c2ccco2)c2ccc(F)cc2)c1. The zero-order valence-electron chi connectivity index (χ0n) is 15.3. The van der Waals surface area contributed by atoms with Crippen molar-refractivity contribution in [1.82, 2.24) is 5.32 Å². The highest BCUT2D eigenvalue weighted by molar-refractivity contribution is 6.01. The Kier molecular flexibility index (Phi) is 6.06. The average Bonchev–Trinajstić information content (AvgIpc) is 3.21. The van der Waals surface area contributed by atoms with Gasteiger partial charge in [0.05, 0.1) is 6.26 Å². The van der Waals surface area contributed by atoms with Gasteiger partial charge in [-0.3, -0.25) is 9.69 Å². The zero-order chi connectivity index (χ0) is 19.9. The summed E-state index contributed by atoms with van der Waals surface area (Å²) < 4.78 is 18.3. The summed E-state index contributed by atoms with van der Waals surface area (Å²) in [6.45, 7) is 2.31. The Bertz CT molecular complexity index is 940. The molecular weight excluding hydrogens is 361 g/mol. The van der Waals surface area contributed by atoms with Gasteiger partial charge in [0.2, 0.25) is 0 Å². The first-order valence-corrected chi connectivity index (χ1v) is 8.75. The highest BCUT2D eigenvalue weighted by atomic mass is 19.1. The molecule has 7 heteroatoms. The Morgan fingerprint density at radius 2 is 1.86 bits per heavy atom. The van der Waals surface area contributed by atoms with Crippen LogP contribution < -0.4 is 15.5 Å². The molecule has 28 heavy (non-hydrogen) atoms. The van der Waals surface area contributed by atoms with E-state index in [1.165, 1.54) is 35.4 Å². The van der Waals surface area contributed by atoms with Gasteiger partial charge in [-0.05, 0) is 61.0 Å².